The van der Waals surface area contributed by atoms with Crippen LogP contribution in [0, 0.1) is 0 Å². The molecule has 6 nitrogen and oxygen atoms in total. The molecule has 1 aromatic heterocycles. The van der Waals surface area contributed by atoms with Gasteiger partial charge in [0.1, 0.15) is 11.5 Å². The van der Waals surface area contributed by atoms with Gasteiger partial charge in [-0.15, -0.1) is 0 Å². The molecule has 0 radical (unpaired) electrons. The van der Waals surface area contributed by atoms with Crippen LogP contribution >= 0.6 is 46.4 Å². The van der Waals surface area contributed by atoms with Gasteiger partial charge in [0.2, 0.25) is 0 Å². The summed E-state index contributed by atoms with van der Waals surface area (Å²) < 4.78 is 5.55. The molecule has 3 aromatic rings. The Balaban J connectivity index is 1.54. The molecule has 154 valence electrons. The molecule has 0 atom stereocenters. The van der Waals surface area contributed by atoms with E-state index in [9.17, 15) is 9.59 Å². The second kappa shape index (κ2) is 10.00. The zero-order chi connectivity index (χ0) is 21.7. The molecule has 0 aliphatic heterocycles. The van der Waals surface area contributed by atoms with Crippen LogP contribution < -0.4 is 10.6 Å². The Labute approximate surface area is 191 Å². The van der Waals surface area contributed by atoms with Crippen LogP contribution in [0.4, 0.5) is 11.4 Å². The standard InChI is InChI=1S/C20H13Cl4N3O3/c21-11-5-12(22)7-14(6-11)27-20(29)19(28)26-10-16-3-2-15(30-16)9-25-13-1-4-17(23)18(24)8-13/h1-9H,10H2,(H,26,28)(H,27,29). The van der Waals surface area contributed by atoms with Crippen molar-refractivity contribution in [1.29, 1.82) is 0 Å². The molecule has 1 heterocycles. The van der Waals surface area contributed by atoms with Gasteiger partial charge in [-0.1, -0.05) is 46.4 Å². The van der Waals surface area contributed by atoms with Crippen LogP contribution in [-0.2, 0) is 16.1 Å². The molecule has 0 aliphatic rings. The molecular formula is C20H13Cl4N3O3. The summed E-state index contributed by atoms with van der Waals surface area (Å²) in [6.07, 6.45) is 1.50. The Morgan fingerprint density at radius 3 is 2.33 bits per heavy atom. The van der Waals surface area contributed by atoms with E-state index in [4.69, 9.17) is 50.8 Å². The summed E-state index contributed by atoms with van der Waals surface area (Å²) >= 11 is 23.5. The predicted molar refractivity (Wildman–Crippen MR) is 119 cm³/mol. The molecule has 30 heavy (non-hydrogen) atoms. The Morgan fingerprint density at radius 1 is 0.900 bits per heavy atom. The van der Waals surface area contributed by atoms with Crippen LogP contribution in [0.1, 0.15) is 11.5 Å². The normalized spacial score (nSPS) is 10.9. The molecule has 0 spiro atoms. The number of carbonyl (C=O) groups excluding carboxylic acids is 2. The largest absolute Gasteiger partial charge is 0.458 e. The SMILES string of the molecule is O=C(NCc1ccc(C=Nc2ccc(Cl)c(Cl)c2)o1)C(=O)Nc1cc(Cl)cc(Cl)c1. The van der Waals surface area contributed by atoms with Crippen molar-refractivity contribution < 1.29 is 14.0 Å². The van der Waals surface area contributed by atoms with Crippen LogP contribution in [0.15, 0.2) is 57.9 Å². The lowest BCUT2D eigenvalue weighted by Crippen LogP contribution is -2.34. The molecule has 0 unspecified atom stereocenters. The third-order valence-electron chi connectivity index (χ3n) is 3.68. The highest BCUT2D eigenvalue weighted by Gasteiger charge is 2.14. The van der Waals surface area contributed by atoms with E-state index >= 15 is 0 Å². The van der Waals surface area contributed by atoms with Gasteiger partial charge >= 0.3 is 11.8 Å². The van der Waals surface area contributed by atoms with E-state index in [2.05, 4.69) is 15.6 Å². The number of nitrogens with zero attached hydrogens (tertiary/aromatic N) is 1. The van der Waals surface area contributed by atoms with E-state index in [1.54, 1.807) is 30.3 Å². The summed E-state index contributed by atoms with van der Waals surface area (Å²) in [5.74, 6) is -0.796. The Bertz CT molecular complexity index is 1110. The van der Waals surface area contributed by atoms with Crippen molar-refractivity contribution in [3.8, 4) is 0 Å². The van der Waals surface area contributed by atoms with E-state index in [1.807, 2.05) is 0 Å². The maximum atomic E-state index is 12.0. The molecular weight excluding hydrogens is 472 g/mol. The number of aliphatic imine (C=N–C) groups is 1. The number of rotatable bonds is 5. The van der Waals surface area contributed by atoms with Gasteiger partial charge in [-0.2, -0.15) is 0 Å². The van der Waals surface area contributed by atoms with Crippen LogP contribution in [-0.4, -0.2) is 18.0 Å². The Kier molecular flexibility index (Phi) is 7.39. The minimum Gasteiger partial charge on any atom is -0.458 e. The fourth-order valence-corrected chi connectivity index (χ4v) is 3.14. The van der Waals surface area contributed by atoms with Crippen molar-refractivity contribution in [1.82, 2.24) is 5.32 Å². The summed E-state index contributed by atoms with van der Waals surface area (Å²) in [5, 5.41) is 6.39. The zero-order valence-corrected chi connectivity index (χ0v) is 18.1. The van der Waals surface area contributed by atoms with Gasteiger partial charge in [0.25, 0.3) is 0 Å². The van der Waals surface area contributed by atoms with Crippen LogP contribution in [0.3, 0.4) is 0 Å². The van der Waals surface area contributed by atoms with E-state index in [-0.39, 0.29) is 6.54 Å². The van der Waals surface area contributed by atoms with Crippen LogP contribution in [0.25, 0.3) is 0 Å². The second-order valence-electron chi connectivity index (χ2n) is 5.96. The molecule has 0 saturated heterocycles. The highest BCUT2D eigenvalue weighted by Crippen LogP contribution is 2.26. The van der Waals surface area contributed by atoms with E-state index in [0.717, 1.165) is 0 Å². The van der Waals surface area contributed by atoms with Crippen LogP contribution in [0.5, 0.6) is 0 Å². The molecule has 0 bridgehead atoms. The lowest BCUT2D eigenvalue weighted by Gasteiger charge is -2.06. The maximum absolute atomic E-state index is 12.0. The van der Waals surface area contributed by atoms with Crippen LogP contribution in [0.2, 0.25) is 20.1 Å². The van der Waals surface area contributed by atoms with Gasteiger partial charge < -0.3 is 15.1 Å². The number of nitrogens with one attached hydrogen (secondary N) is 2. The fraction of sp³-hybridized carbons (Fsp3) is 0.0500. The number of halogens is 4. The Morgan fingerprint density at radius 2 is 1.63 bits per heavy atom. The van der Waals surface area contributed by atoms with Gasteiger partial charge in [-0.3, -0.25) is 14.6 Å². The summed E-state index contributed by atoms with van der Waals surface area (Å²) in [6, 6.07) is 12.8. The quantitative estimate of drug-likeness (QED) is 0.349. The smallest absolute Gasteiger partial charge is 0.313 e. The maximum Gasteiger partial charge on any atom is 0.313 e. The first-order valence-corrected chi connectivity index (χ1v) is 9.94. The Hall–Kier alpha value is -2.51. The monoisotopic (exact) mass is 483 g/mol. The van der Waals surface area contributed by atoms with Gasteiger partial charge in [0, 0.05) is 15.7 Å². The summed E-state index contributed by atoms with van der Waals surface area (Å²) in [6.45, 7) is 0.0170. The predicted octanol–water partition coefficient (Wildman–Crippen LogP) is 5.90. The van der Waals surface area contributed by atoms with E-state index in [1.165, 1.54) is 24.4 Å². The summed E-state index contributed by atoms with van der Waals surface area (Å²) in [4.78, 5) is 28.2. The van der Waals surface area contributed by atoms with Gasteiger partial charge in [-0.25, -0.2) is 0 Å². The minimum atomic E-state index is -0.860. The molecule has 2 aromatic carbocycles. The highest BCUT2D eigenvalue weighted by atomic mass is 35.5. The average Bonchev–Trinajstić information content (AvgIpc) is 3.14. The lowest BCUT2D eigenvalue weighted by atomic mass is 10.3. The number of hydrogen-bond acceptors (Lipinski definition) is 4. The second-order valence-corrected chi connectivity index (χ2v) is 7.64. The molecule has 3 rings (SSSR count). The third-order valence-corrected chi connectivity index (χ3v) is 4.85. The third kappa shape index (κ3) is 6.24. The number of anilines is 1. The first-order chi connectivity index (χ1) is 14.3. The molecule has 0 aliphatic carbocycles. The van der Waals surface area contributed by atoms with Crippen molar-refractivity contribution in [3.63, 3.8) is 0 Å². The van der Waals surface area contributed by atoms with Crippen molar-refractivity contribution >= 4 is 75.8 Å². The van der Waals surface area contributed by atoms with Crippen molar-refractivity contribution in [2.45, 2.75) is 6.54 Å². The number of hydrogen-bond donors (Lipinski definition) is 2. The number of benzene rings is 2. The van der Waals surface area contributed by atoms with Crippen molar-refractivity contribution in [2.75, 3.05) is 5.32 Å². The average molecular weight is 485 g/mol. The van der Waals surface area contributed by atoms with Gasteiger partial charge in [0.05, 0.1) is 28.5 Å². The van der Waals surface area contributed by atoms with Gasteiger partial charge in [-0.05, 0) is 48.5 Å². The summed E-state index contributed by atoms with van der Waals surface area (Å²) in [7, 11) is 0. The zero-order valence-electron chi connectivity index (χ0n) is 15.1. The highest BCUT2D eigenvalue weighted by molar-refractivity contribution is 6.42. The lowest BCUT2D eigenvalue weighted by molar-refractivity contribution is -0.136. The van der Waals surface area contributed by atoms with E-state index in [0.29, 0.717) is 43.0 Å². The summed E-state index contributed by atoms with van der Waals surface area (Å²) in [5.41, 5.74) is 0.917. The molecule has 0 saturated carbocycles. The first-order valence-electron chi connectivity index (χ1n) is 8.43. The fourth-order valence-electron chi connectivity index (χ4n) is 2.32. The van der Waals surface area contributed by atoms with Crippen molar-refractivity contribution in [2.24, 2.45) is 4.99 Å². The topological polar surface area (TPSA) is 83.7 Å². The number of carbonyl (C=O) groups is 2. The molecule has 2 N–H and O–H groups in total. The molecule has 10 heteroatoms. The van der Waals surface area contributed by atoms with Crippen molar-refractivity contribution in [3.05, 3.63) is 80.1 Å². The first kappa shape index (κ1) is 22.2. The molecule has 0 fully saturated rings. The number of amides is 2. The molecule has 2 amide bonds. The van der Waals surface area contributed by atoms with Gasteiger partial charge in [0.15, 0.2) is 0 Å². The number of furan rings is 1. The van der Waals surface area contributed by atoms with E-state index < -0.39 is 11.8 Å². The minimum absolute atomic E-state index is 0.0170.